The van der Waals surface area contributed by atoms with Gasteiger partial charge in [0.15, 0.2) is 5.13 Å². The highest BCUT2D eigenvalue weighted by atomic mass is 32.1. The molecule has 162 valence electrons. The maximum absolute atomic E-state index is 13.2. The van der Waals surface area contributed by atoms with E-state index in [1.165, 1.54) is 23.5 Å². The van der Waals surface area contributed by atoms with Gasteiger partial charge in [-0.05, 0) is 55.2 Å². The van der Waals surface area contributed by atoms with Gasteiger partial charge in [0.05, 0.1) is 5.69 Å². The van der Waals surface area contributed by atoms with Gasteiger partial charge >= 0.3 is 6.03 Å². The van der Waals surface area contributed by atoms with E-state index < -0.39 is 29.9 Å². The standard InChI is InChI=1S/C23H19FN4O3S/c1-13-19(15-6-8-16(24)9-7-15)26-21(32-13)25-18(29)12-28-20(30)23(27-22(28)31)11-10-14-4-2-3-5-17(14)23/h2-9H,10-12H2,1H3,(H,27,31)(H,25,26,29). The fourth-order valence-electron chi connectivity index (χ4n) is 4.36. The van der Waals surface area contributed by atoms with Gasteiger partial charge < -0.3 is 10.6 Å². The summed E-state index contributed by atoms with van der Waals surface area (Å²) in [5.74, 6) is -1.27. The number of amides is 4. The molecular formula is C23H19FN4O3S. The van der Waals surface area contributed by atoms with Crippen molar-refractivity contribution < 1.29 is 18.8 Å². The minimum atomic E-state index is -1.10. The molecule has 2 heterocycles. The third-order valence-electron chi connectivity index (χ3n) is 5.88. The molecule has 5 rings (SSSR count). The SMILES string of the molecule is Cc1sc(NC(=O)CN2C(=O)NC3(CCc4ccccc43)C2=O)nc1-c1ccc(F)cc1. The van der Waals surface area contributed by atoms with Crippen molar-refractivity contribution >= 4 is 34.3 Å². The first-order chi connectivity index (χ1) is 15.4. The summed E-state index contributed by atoms with van der Waals surface area (Å²) in [6.07, 6.45) is 1.16. The molecule has 2 N–H and O–H groups in total. The summed E-state index contributed by atoms with van der Waals surface area (Å²) < 4.78 is 13.2. The summed E-state index contributed by atoms with van der Waals surface area (Å²) in [6, 6.07) is 12.9. The molecule has 9 heteroatoms. The number of benzene rings is 2. The first-order valence-corrected chi connectivity index (χ1v) is 10.9. The van der Waals surface area contributed by atoms with E-state index >= 15 is 0 Å². The Bertz CT molecular complexity index is 1260. The first kappa shape index (κ1) is 20.3. The second-order valence-electron chi connectivity index (χ2n) is 7.86. The quantitative estimate of drug-likeness (QED) is 0.595. The zero-order valence-electron chi connectivity index (χ0n) is 17.1. The van der Waals surface area contributed by atoms with Gasteiger partial charge in [-0.25, -0.2) is 14.2 Å². The predicted octanol–water partition coefficient (Wildman–Crippen LogP) is 3.59. The van der Waals surface area contributed by atoms with Crippen LogP contribution >= 0.6 is 11.3 Å². The van der Waals surface area contributed by atoms with E-state index in [0.29, 0.717) is 23.7 Å². The number of aryl methyl sites for hydroxylation is 2. The Morgan fingerprint density at radius 1 is 1.22 bits per heavy atom. The molecule has 3 aromatic rings. The third-order valence-corrected chi connectivity index (χ3v) is 6.77. The predicted molar refractivity (Wildman–Crippen MR) is 118 cm³/mol. The highest BCUT2D eigenvalue weighted by molar-refractivity contribution is 7.16. The van der Waals surface area contributed by atoms with Gasteiger partial charge in [0.1, 0.15) is 17.9 Å². The molecule has 1 saturated heterocycles. The molecule has 32 heavy (non-hydrogen) atoms. The number of aromatic nitrogens is 1. The number of nitrogens with one attached hydrogen (secondary N) is 2. The number of hydrogen-bond donors (Lipinski definition) is 2. The summed E-state index contributed by atoms with van der Waals surface area (Å²) in [7, 11) is 0. The number of fused-ring (bicyclic) bond motifs is 2. The van der Waals surface area contributed by atoms with Gasteiger partial charge in [-0.15, -0.1) is 11.3 Å². The average molecular weight is 450 g/mol. The van der Waals surface area contributed by atoms with Crippen molar-refractivity contribution in [3.8, 4) is 11.3 Å². The van der Waals surface area contributed by atoms with Crippen molar-refractivity contribution in [2.24, 2.45) is 0 Å². The molecule has 1 fully saturated rings. The molecular weight excluding hydrogens is 431 g/mol. The normalized spacial score (nSPS) is 19.4. The molecule has 1 aromatic heterocycles. The Kier molecular flexibility index (Phi) is 4.78. The van der Waals surface area contributed by atoms with E-state index in [1.54, 1.807) is 12.1 Å². The van der Waals surface area contributed by atoms with Crippen LogP contribution < -0.4 is 10.6 Å². The van der Waals surface area contributed by atoms with E-state index in [2.05, 4.69) is 15.6 Å². The number of halogens is 1. The largest absolute Gasteiger partial charge is 0.325 e. The average Bonchev–Trinajstić information content (AvgIpc) is 3.40. The number of thiazole rings is 1. The van der Waals surface area contributed by atoms with Crippen LogP contribution in [0, 0.1) is 12.7 Å². The molecule has 0 saturated carbocycles. The maximum atomic E-state index is 13.2. The number of rotatable bonds is 4. The van der Waals surface area contributed by atoms with Crippen molar-refractivity contribution in [1.82, 2.24) is 15.2 Å². The number of urea groups is 1. The number of imide groups is 1. The Morgan fingerprint density at radius 3 is 2.75 bits per heavy atom. The summed E-state index contributed by atoms with van der Waals surface area (Å²) in [5, 5.41) is 5.83. The van der Waals surface area contributed by atoms with Gasteiger partial charge in [0.2, 0.25) is 5.91 Å². The summed E-state index contributed by atoms with van der Waals surface area (Å²) in [5.41, 5.74) is 2.10. The van der Waals surface area contributed by atoms with Crippen LogP contribution in [0.2, 0.25) is 0 Å². The summed E-state index contributed by atoms with van der Waals surface area (Å²) >= 11 is 1.27. The molecule has 1 aliphatic heterocycles. The lowest BCUT2D eigenvalue weighted by Gasteiger charge is -2.22. The molecule has 4 amide bonds. The molecule has 7 nitrogen and oxygen atoms in total. The van der Waals surface area contributed by atoms with Crippen LogP contribution in [0.25, 0.3) is 11.3 Å². The Morgan fingerprint density at radius 2 is 1.97 bits per heavy atom. The van der Waals surface area contributed by atoms with Gasteiger partial charge in [0.25, 0.3) is 5.91 Å². The first-order valence-electron chi connectivity index (χ1n) is 10.1. The van der Waals surface area contributed by atoms with Gasteiger partial charge in [0, 0.05) is 10.4 Å². The monoisotopic (exact) mass is 450 g/mol. The van der Waals surface area contributed by atoms with E-state index in [1.807, 2.05) is 31.2 Å². The molecule has 1 aliphatic carbocycles. The van der Waals surface area contributed by atoms with Crippen molar-refractivity contribution in [3.05, 3.63) is 70.4 Å². The molecule has 1 unspecified atom stereocenters. The third kappa shape index (κ3) is 3.25. The van der Waals surface area contributed by atoms with Crippen molar-refractivity contribution in [3.63, 3.8) is 0 Å². The lowest BCUT2D eigenvalue weighted by Crippen LogP contribution is -2.42. The van der Waals surface area contributed by atoms with Gasteiger partial charge in [-0.1, -0.05) is 24.3 Å². The van der Waals surface area contributed by atoms with Crippen molar-refractivity contribution in [2.45, 2.75) is 25.3 Å². The van der Waals surface area contributed by atoms with E-state index in [4.69, 9.17) is 0 Å². The fourth-order valence-corrected chi connectivity index (χ4v) is 5.21. The molecule has 1 spiro atoms. The minimum absolute atomic E-state index is 0.341. The van der Waals surface area contributed by atoms with Crippen LogP contribution in [0.1, 0.15) is 22.4 Å². The fraction of sp³-hybridized carbons (Fsp3) is 0.217. The zero-order valence-corrected chi connectivity index (χ0v) is 18.0. The Hall–Kier alpha value is -3.59. The molecule has 0 radical (unpaired) electrons. The minimum Gasteiger partial charge on any atom is -0.319 e. The number of nitrogens with zero attached hydrogens (tertiary/aromatic N) is 2. The lowest BCUT2D eigenvalue weighted by atomic mass is 9.92. The van der Waals surface area contributed by atoms with Crippen LogP contribution in [-0.2, 0) is 21.5 Å². The van der Waals surface area contributed by atoms with Gasteiger partial charge in [-0.2, -0.15) is 0 Å². The van der Waals surface area contributed by atoms with Crippen molar-refractivity contribution in [1.29, 1.82) is 0 Å². The molecule has 2 aliphatic rings. The highest BCUT2D eigenvalue weighted by Gasteiger charge is 2.55. The topological polar surface area (TPSA) is 91.4 Å². The van der Waals surface area contributed by atoms with E-state index in [9.17, 15) is 18.8 Å². The van der Waals surface area contributed by atoms with Crippen LogP contribution in [0.5, 0.6) is 0 Å². The highest BCUT2D eigenvalue weighted by Crippen LogP contribution is 2.41. The van der Waals surface area contributed by atoms with Crippen LogP contribution in [0.4, 0.5) is 14.3 Å². The lowest BCUT2D eigenvalue weighted by molar-refractivity contribution is -0.134. The zero-order chi connectivity index (χ0) is 22.5. The maximum Gasteiger partial charge on any atom is 0.325 e. The second kappa shape index (κ2) is 7.52. The summed E-state index contributed by atoms with van der Waals surface area (Å²) in [4.78, 5) is 44.6. The molecule has 2 aromatic carbocycles. The number of anilines is 1. The summed E-state index contributed by atoms with van der Waals surface area (Å²) in [6.45, 7) is 1.45. The van der Waals surface area contributed by atoms with Crippen LogP contribution in [0.3, 0.4) is 0 Å². The van der Waals surface area contributed by atoms with Crippen LogP contribution in [0.15, 0.2) is 48.5 Å². The van der Waals surface area contributed by atoms with Gasteiger partial charge in [-0.3, -0.25) is 14.5 Å². The molecule has 1 atom stereocenters. The number of carbonyl (C=O) groups excluding carboxylic acids is 3. The second-order valence-corrected chi connectivity index (χ2v) is 9.07. The van der Waals surface area contributed by atoms with Crippen molar-refractivity contribution in [2.75, 3.05) is 11.9 Å². The molecule has 0 bridgehead atoms. The van der Waals surface area contributed by atoms with E-state index in [0.717, 1.165) is 26.5 Å². The number of hydrogen-bond acceptors (Lipinski definition) is 5. The number of carbonyl (C=O) groups is 3. The smallest absolute Gasteiger partial charge is 0.319 e. The Balaban J connectivity index is 1.31. The Labute approximate surface area is 187 Å². The van der Waals surface area contributed by atoms with Crippen LogP contribution in [-0.4, -0.2) is 34.3 Å². The van der Waals surface area contributed by atoms with E-state index in [-0.39, 0.29) is 5.82 Å².